The zero-order valence-electron chi connectivity index (χ0n) is 21.5. The van der Waals surface area contributed by atoms with E-state index >= 15 is 0 Å². The van der Waals surface area contributed by atoms with E-state index in [9.17, 15) is 14.3 Å². The molecule has 38 heavy (non-hydrogen) atoms. The van der Waals surface area contributed by atoms with Crippen LogP contribution in [0.25, 0.3) is 10.2 Å². The Hall–Kier alpha value is -2.52. The van der Waals surface area contributed by atoms with Crippen molar-refractivity contribution >= 4 is 32.7 Å². The first-order chi connectivity index (χ1) is 18.4. The van der Waals surface area contributed by atoms with Crippen molar-refractivity contribution in [1.82, 2.24) is 10.1 Å². The lowest BCUT2D eigenvalue weighted by atomic mass is 9.97. The maximum Gasteiger partial charge on any atom is 0.335 e. The van der Waals surface area contributed by atoms with Crippen molar-refractivity contribution < 1.29 is 23.6 Å². The summed E-state index contributed by atoms with van der Waals surface area (Å²) in [5, 5.41) is 14.7. The number of carboxylic acid groups (broad SMARTS) is 1. The first-order valence-corrected chi connectivity index (χ1v) is 14.9. The molecule has 3 saturated carbocycles. The van der Waals surface area contributed by atoms with Crippen molar-refractivity contribution in [1.29, 1.82) is 0 Å². The molecule has 0 amide bonds. The minimum atomic E-state index is -1.13. The molecule has 5 aliphatic rings. The fraction of sp³-hybridized carbons (Fsp3) is 0.621. The number of benzene rings is 1. The van der Waals surface area contributed by atoms with Gasteiger partial charge in [-0.05, 0) is 74.8 Å². The fourth-order valence-electron chi connectivity index (χ4n) is 8.08. The van der Waals surface area contributed by atoms with Crippen LogP contribution in [-0.2, 0) is 11.3 Å². The Bertz CT molecular complexity index is 1430. The number of thiazole rings is 1. The van der Waals surface area contributed by atoms with E-state index in [1.165, 1.54) is 60.8 Å². The number of aromatic carboxylic acids is 1. The van der Waals surface area contributed by atoms with E-state index in [0.29, 0.717) is 40.6 Å². The van der Waals surface area contributed by atoms with Crippen molar-refractivity contribution in [2.75, 3.05) is 4.90 Å². The van der Waals surface area contributed by atoms with Gasteiger partial charge in [0.15, 0.2) is 10.9 Å². The van der Waals surface area contributed by atoms with Crippen LogP contribution in [-0.4, -0.2) is 39.4 Å². The molecule has 1 N–H and O–H groups in total. The van der Waals surface area contributed by atoms with Crippen molar-refractivity contribution in [3.8, 4) is 0 Å². The number of ether oxygens (including phenoxy) is 1. The minimum absolute atomic E-state index is 0.0391. The SMILES string of the molecule is C[C@@]12CCC[C@@H]1[C@@H]2c1noc(C2CC2)c1COC1C[C@H]2CC[C@@H](C1)N2c1nc2c(F)cc(C(=O)O)cc2s1. The van der Waals surface area contributed by atoms with Crippen molar-refractivity contribution in [3.63, 3.8) is 0 Å². The molecule has 9 heteroatoms. The Kier molecular flexibility index (Phi) is 5.07. The number of piperidine rings is 1. The van der Waals surface area contributed by atoms with Crippen LogP contribution in [0.5, 0.6) is 0 Å². The van der Waals surface area contributed by atoms with Crippen LogP contribution in [0.1, 0.15) is 104 Å². The van der Waals surface area contributed by atoms with E-state index in [-0.39, 0.29) is 17.2 Å². The van der Waals surface area contributed by atoms with Crippen LogP contribution in [0.15, 0.2) is 16.7 Å². The van der Waals surface area contributed by atoms with Crippen LogP contribution >= 0.6 is 11.3 Å². The zero-order chi connectivity index (χ0) is 25.8. The largest absolute Gasteiger partial charge is 0.478 e. The summed E-state index contributed by atoms with van der Waals surface area (Å²) in [7, 11) is 0. The third kappa shape index (κ3) is 3.50. The maximum absolute atomic E-state index is 14.6. The highest BCUT2D eigenvalue weighted by Gasteiger charge is 2.65. The first-order valence-electron chi connectivity index (χ1n) is 14.1. The van der Waals surface area contributed by atoms with Gasteiger partial charge in [-0.15, -0.1) is 0 Å². The van der Waals surface area contributed by atoms with E-state index in [1.54, 1.807) is 0 Å². The van der Waals surface area contributed by atoms with Crippen LogP contribution < -0.4 is 4.90 Å². The number of rotatable bonds is 7. The van der Waals surface area contributed by atoms with Gasteiger partial charge >= 0.3 is 5.97 Å². The summed E-state index contributed by atoms with van der Waals surface area (Å²) in [4.78, 5) is 18.3. The molecule has 1 unspecified atom stereocenters. The molecule has 8 rings (SSSR count). The van der Waals surface area contributed by atoms with Gasteiger partial charge in [0, 0.05) is 29.5 Å². The lowest BCUT2D eigenvalue weighted by Gasteiger charge is -2.38. The van der Waals surface area contributed by atoms with Gasteiger partial charge in [-0.2, -0.15) is 0 Å². The number of carboxylic acids is 1. The Morgan fingerprint density at radius 1 is 1.24 bits per heavy atom. The summed E-state index contributed by atoms with van der Waals surface area (Å²) in [5.74, 6) is 1.18. The van der Waals surface area contributed by atoms with Gasteiger partial charge < -0.3 is 19.3 Å². The van der Waals surface area contributed by atoms with Crippen molar-refractivity contribution in [2.24, 2.45) is 11.3 Å². The Balaban J connectivity index is 0.998. The average Bonchev–Trinajstić information content (AvgIpc) is 3.55. The van der Waals surface area contributed by atoms with Crippen molar-refractivity contribution in [2.45, 2.75) is 101 Å². The lowest BCUT2D eigenvalue weighted by Crippen LogP contribution is -2.45. The average molecular weight is 538 g/mol. The molecule has 3 aromatic rings. The summed E-state index contributed by atoms with van der Waals surface area (Å²) in [5.41, 5.74) is 3.04. The fourth-order valence-corrected chi connectivity index (χ4v) is 9.25. The molecule has 5 fully saturated rings. The molecule has 0 radical (unpaired) electrons. The van der Waals surface area contributed by atoms with Gasteiger partial charge in [0.2, 0.25) is 0 Å². The predicted octanol–water partition coefficient (Wildman–Crippen LogP) is 6.62. The third-order valence-corrected chi connectivity index (χ3v) is 11.2. The van der Waals surface area contributed by atoms with E-state index in [2.05, 4.69) is 22.0 Å². The normalized spacial score (nSPS) is 33.7. The summed E-state index contributed by atoms with van der Waals surface area (Å²) in [6.45, 7) is 3.01. The number of carbonyl (C=O) groups is 1. The lowest BCUT2D eigenvalue weighted by molar-refractivity contribution is 0.0142. The molecule has 1 aromatic carbocycles. The van der Waals surface area contributed by atoms with Gasteiger partial charge in [0.05, 0.1) is 28.7 Å². The number of aromatic nitrogens is 2. The predicted molar refractivity (Wildman–Crippen MR) is 140 cm³/mol. The maximum atomic E-state index is 14.6. The van der Waals surface area contributed by atoms with Gasteiger partial charge in [0.1, 0.15) is 11.3 Å². The molecule has 6 atom stereocenters. The molecular formula is C29H32FN3O4S. The molecule has 2 saturated heterocycles. The number of anilines is 1. The standard InChI is InChI=1S/C29H32FN3O4S/c1-29-8-2-3-20(29)23(29)24-19(26(37-32-24)14-4-5-14)13-36-18-11-16-6-7-17(12-18)33(16)28-31-25-21(30)9-15(27(34)35)10-22(25)38-28/h9-10,14,16-18,20,23H,2-8,11-13H2,1H3,(H,34,35)/t16-,17+,18?,20-,23-,29-/m1/s1. The monoisotopic (exact) mass is 537 g/mol. The quantitative estimate of drug-likeness (QED) is 0.362. The summed E-state index contributed by atoms with van der Waals surface area (Å²) in [6, 6.07) is 3.19. The van der Waals surface area contributed by atoms with E-state index in [4.69, 9.17) is 9.26 Å². The van der Waals surface area contributed by atoms with Crippen LogP contribution in [0.4, 0.5) is 9.52 Å². The van der Waals surface area contributed by atoms with Crippen LogP contribution in [0.2, 0.25) is 0 Å². The highest BCUT2D eigenvalue weighted by atomic mass is 32.1. The second kappa shape index (κ2) is 8.24. The molecule has 2 aliphatic heterocycles. The van der Waals surface area contributed by atoms with Crippen molar-refractivity contribution in [3.05, 3.63) is 40.5 Å². The Morgan fingerprint density at radius 3 is 2.71 bits per heavy atom. The second-order valence-electron chi connectivity index (χ2n) is 12.5. The van der Waals surface area contributed by atoms with Crippen LogP contribution in [0, 0.1) is 17.2 Å². The number of fused-ring (bicyclic) bond motifs is 4. The third-order valence-electron chi connectivity index (χ3n) is 10.2. The summed E-state index contributed by atoms with van der Waals surface area (Å²) >= 11 is 1.39. The van der Waals surface area contributed by atoms with Gasteiger partial charge in [-0.3, -0.25) is 0 Å². The van der Waals surface area contributed by atoms with E-state index in [0.717, 1.165) is 48.6 Å². The van der Waals surface area contributed by atoms with Gasteiger partial charge in [-0.1, -0.05) is 29.8 Å². The highest BCUT2D eigenvalue weighted by Crippen LogP contribution is 2.73. The second-order valence-corrected chi connectivity index (χ2v) is 13.5. The molecular weight excluding hydrogens is 505 g/mol. The summed E-state index contributed by atoms with van der Waals surface area (Å²) in [6.07, 6.45) is 10.4. The number of halogens is 1. The van der Waals surface area contributed by atoms with Crippen LogP contribution in [0.3, 0.4) is 0 Å². The zero-order valence-corrected chi connectivity index (χ0v) is 22.3. The molecule has 2 aromatic heterocycles. The van der Waals surface area contributed by atoms with E-state index < -0.39 is 11.8 Å². The number of nitrogens with zero attached hydrogens (tertiary/aromatic N) is 3. The molecule has 2 bridgehead atoms. The smallest absolute Gasteiger partial charge is 0.335 e. The first kappa shape index (κ1) is 23.4. The topological polar surface area (TPSA) is 88.7 Å². The molecule has 7 nitrogen and oxygen atoms in total. The summed E-state index contributed by atoms with van der Waals surface area (Å²) < 4.78 is 27.8. The Morgan fingerprint density at radius 2 is 2.03 bits per heavy atom. The molecule has 4 heterocycles. The molecule has 3 aliphatic carbocycles. The minimum Gasteiger partial charge on any atom is -0.478 e. The van der Waals surface area contributed by atoms with E-state index in [1.807, 2.05) is 0 Å². The number of hydrogen-bond donors (Lipinski definition) is 1. The molecule has 200 valence electrons. The van der Waals surface area contributed by atoms with Gasteiger partial charge in [0.25, 0.3) is 0 Å². The highest BCUT2D eigenvalue weighted by molar-refractivity contribution is 7.22. The van der Waals surface area contributed by atoms with Gasteiger partial charge in [-0.25, -0.2) is 14.2 Å². The Labute approximate surface area is 224 Å². The number of hydrogen-bond acceptors (Lipinski definition) is 7. The molecule has 0 spiro atoms.